The topological polar surface area (TPSA) is 51.1 Å². The van der Waals surface area contributed by atoms with Crippen molar-refractivity contribution in [2.45, 2.75) is 26.3 Å². The number of pyridine rings is 1. The van der Waals surface area contributed by atoms with Gasteiger partial charge in [0.2, 0.25) is 0 Å². The van der Waals surface area contributed by atoms with Gasteiger partial charge in [-0.25, -0.2) is 9.97 Å². The number of nitrogens with zero attached hydrogens (tertiary/aromatic N) is 4. The molecule has 3 heterocycles. The van der Waals surface area contributed by atoms with E-state index in [2.05, 4.69) is 35.0 Å². The Morgan fingerprint density at radius 2 is 1.96 bits per heavy atom. The molecule has 0 saturated heterocycles. The summed E-state index contributed by atoms with van der Waals surface area (Å²) in [5, 5.41) is 0. The molecule has 2 aromatic heterocycles. The van der Waals surface area contributed by atoms with Gasteiger partial charge in [-0.1, -0.05) is 19.1 Å². The normalized spacial score (nSPS) is 13.4. The SMILES string of the molecule is CCc1cc(N2CCc3c(cccc3OC)C2)nc(-c2ccncc2)n1. The van der Waals surface area contributed by atoms with Crippen molar-refractivity contribution in [2.24, 2.45) is 0 Å². The van der Waals surface area contributed by atoms with E-state index >= 15 is 0 Å². The predicted molar refractivity (Wildman–Crippen MR) is 102 cm³/mol. The molecule has 132 valence electrons. The molecule has 3 aromatic rings. The van der Waals surface area contributed by atoms with Gasteiger partial charge in [-0.3, -0.25) is 4.98 Å². The summed E-state index contributed by atoms with van der Waals surface area (Å²) in [5.74, 6) is 2.73. The van der Waals surface area contributed by atoms with E-state index in [9.17, 15) is 0 Å². The second-order valence-corrected chi connectivity index (χ2v) is 6.40. The highest BCUT2D eigenvalue weighted by molar-refractivity contribution is 5.58. The Hall–Kier alpha value is -2.95. The standard InChI is InChI=1S/C21H22N4O/c1-3-17-13-20(24-21(23-17)15-7-10-22-11-8-15)25-12-9-18-16(14-25)5-4-6-19(18)26-2/h4-8,10-11,13H,3,9,12,14H2,1-2H3. The quantitative estimate of drug-likeness (QED) is 0.721. The minimum Gasteiger partial charge on any atom is -0.496 e. The number of ether oxygens (including phenoxy) is 1. The van der Waals surface area contributed by atoms with Crippen molar-refractivity contribution in [1.82, 2.24) is 15.0 Å². The molecule has 5 heteroatoms. The molecule has 26 heavy (non-hydrogen) atoms. The van der Waals surface area contributed by atoms with Gasteiger partial charge in [0.15, 0.2) is 5.82 Å². The summed E-state index contributed by atoms with van der Waals surface area (Å²) in [6.45, 7) is 3.88. The van der Waals surface area contributed by atoms with Crippen LogP contribution in [0.3, 0.4) is 0 Å². The van der Waals surface area contributed by atoms with Crippen LogP contribution in [-0.2, 0) is 19.4 Å². The second kappa shape index (κ2) is 7.12. The lowest BCUT2D eigenvalue weighted by Crippen LogP contribution is -2.31. The largest absolute Gasteiger partial charge is 0.496 e. The van der Waals surface area contributed by atoms with Gasteiger partial charge in [0, 0.05) is 48.4 Å². The van der Waals surface area contributed by atoms with Crippen LogP contribution in [0.2, 0.25) is 0 Å². The van der Waals surface area contributed by atoms with Crippen LogP contribution < -0.4 is 9.64 Å². The van der Waals surface area contributed by atoms with Crippen LogP contribution in [0.4, 0.5) is 5.82 Å². The number of rotatable bonds is 4. The highest BCUT2D eigenvalue weighted by Gasteiger charge is 2.21. The van der Waals surface area contributed by atoms with Crippen LogP contribution in [0.15, 0.2) is 48.8 Å². The maximum Gasteiger partial charge on any atom is 0.161 e. The third-order valence-corrected chi connectivity index (χ3v) is 4.83. The van der Waals surface area contributed by atoms with Crippen molar-refractivity contribution >= 4 is 5.82 Å². The molecular formula is C21H22N4O. The van der Waals surface area contributed by atoms with E-state index in [1.165, 1.54) is 11.1 Å². The fourth-order valence-electron chi connectivity index (χ4n) is 3.42. The zero-order valence-electron chi connectivity index (χ0n) is 15.1. The Balaban J connectivity index is 1.70. The molecule has 4 rings (SSSR count). The molecule has 0 amide bonds. The van der Waals surface area contributed by atoms with E-state index in [0.29, 0.717) is 0 Å². The van der Waals surface area contributed by atoms with Crippen molar-refractivity contribution in [3.63, 3.8) is 0 Å². The summed E-state index contributed by atoms with van der Waals surface area (Å²) in [5.41, 5.74) is 4.66. The lowest BCUT2D eigenvalue weighted by Gasteiger charge is -2.31. The third-order valence-electron chi connectivity index (χ3n) is 4.83. The molecule has 1 aliphatic rings. The van der Waals surface area contributed by atoms with Crippen LogP contribution in [0, 0.1) is 0 Å². The highest BCUT2D eigenvalue weighted by Crippen LogP contribution is 2.30. The van der Waals surface area contributed by atoms with Crippen LogP contribution >= 0.6 is 0 Å². The van der Waals surface area contributed by atoms with Crippen molar-refractivity contribution < 1.29 is 4.74 Å². The van der Waals surface area contributed by atoms with E-state index < -0.39 is 0 Å². The fraction of sp³-hybridized carbons (Fsp3) is 0.286. The van der Waals surface area contributed by atoms with E-state index in [0.717, 1.165) is 54.6 Å². The fourth-order valence-corrected chi connectivity index (χ4v) is 3.42. The Bertz CT molecular complexity index is 911. The smallest absolute Gasteiger partial charge is 0.161 e. The Morgan fingerprint density at radius 1 is 1.12 bits per heavy atom. The zero-order valence-corrected chi connectivity index (χ0v) is 15.1. The average Bonchev–Trinajstić information content (AvgIpc) is 2.73. The van der Waals surface area contributed by atoms with Crippen molar-refractivity contribution in [3.8, 4) is 17.1 Å². The number of benzene rings is 1. The van der Waals surface area contributed by atoms with Crippen LogP contribution in [0.5, 0.6) is 5.75 Å². The van der Waals surface area contributed by atoms with Gasteiger partial charge in [0.25, 0.3) is 0 Å². The van der Waals surface area contributed by atoms with Gasteiger partial charge in [-0.15, -0.1) is 0 Å². The minimum atomic E-state index is 0.762. The summed E-state index contributed by atoms with van der Waals surface area (Å²) < 4.78 is 5.52. The molecule has 1 aliphatic heterocycles. The number of hydrogen-bond donors (Lipinski definition) is 0. The Morgan fingerprint density at radius 3 is 2.73 bits per heavy atom. The maximum atomic E-state index is 5.52. The third kappa shape index (κ3) is 3.12. The molecule has 0 fully saturated rings. The summed E-state index contributed by atoms with van der Waals surface area (Å²) in [4.78, 5) is 16.0. The van der Waals surface area contributed by atoms with Gasteiger partial charge in [-0.05, 0) is 36.6 Å². The summed E-state index contributed by atoms with van der Waals surface area (Å²) >= 11 is 0. The van der Waals surface area contributed by atoms with Gasteiger partial charge in [0.1, 0.15) is 11.6 Å². The average molecular weight is 346 g/mol. The summed E-state index contributed by atoms with van der Waals surface area (Å²) in [6, 6.07) is 12.3. The first-order valence-corrected chi connectivity index (χ1v) is 8.96. The van der Waals surface area contributed by atoms with Crippen molar-refractivity contribution in [1.29, 1.82) is 0 Å². The van der Waals surface area contributed by atoms with Gasteiger partial charge in [0.05, 0.1) is 7.11 Å². The first kappa shape index (κ1) is 16.5. The molecule has 0 unspecified atom stereocenters. The first-order valence-electron chi connectivity index (χ1n) is 8.96. The molecule has 0 bridgehead atoms. The van der Waals surface area contributed by atoms with E-state index in [1.807, 2.05) is 18.2 Å². The molecule has 0 spiro atoms. The highest BCUT2D eigenvalue weighted by atomic mass is 16.5. The molecule has 0 N–H and O–H groups in total. The van der Waals surface area contributed by atoms with Gasteiger partial charge in [-0.2, -0.15) is 0 Å². The molecule has 5 nitrogen and oxygen atoms in total. The number of hydrogen-bond acceptors (Lipinski definition) is 5. The van der Waals surface area contributed by atoms with Gasteiger partial charge >= 0.3 is 0 Å². The molecule has 0 radical (unpaired) electrons. The first-order chi connectivity index (χ1) is 12.8. The lowest BCUT2D eigenvalue weighted by atomic mass is 9.98. The molecule has 0 aliphatic carbocycles. The maximum absolute atomic E-state index is 5.52. The lowest BCUT2D eigenvalue weighted by molar-refractivity contribution is 0.407. The summed E-state index contributed by atoms with van der Waals surface area (Å²) in [6.07, 6.45) is 5.39. The minimum absolute atomic E-state index is 0.762. The van der Waals surface area contributed by atoms with E-state index in [1.54, 1.807) is 19.5 Å². The molecule has 0 saturated carbocycles. The van der Waals surface area contributed by atoms with Crippen LogP contribution in [-0.4, -0.2) is 28.6 Å². The summed E-state index contributed by atoms with van der Waals surface area (Å²) in [7, 11) is 1.74. The van der Waals surface area contributed by atoms with Gasteiger partial charge < -0.3 is 9.64 Å². The zero-order chi connectivity index (χ0) is 17.9. The van der Waals surface area contributed by atoms with Crippen molar-refractivity contribution in [2.75, 3.05) is 18.6 Å². The van der Waals surface area contributed by atoms with E-state index in [4.69, 9.17) is 14.7 Å². The second-order valence-electron chi connectivity index (χ2n) is 6.40. The van der Waals surface area contributed by atoms with E-state index in [-0.39, 0.29) is 0 Å². The Labute approximate surface area is 153 Å². The van der Waals surface area contributed by atoms with Crippen molar-refractivity contribution in [3.05, 3.63) is 65.6 Å². The molecule has 0 atom stereocenters. The number of aromatic nitrogens is 3. The molecule has 1 aromatic carbocycles. The van der Waals surface area contributed by atoms with Crippen LogP contribution in [0.1, 0.15) is 23.7 Å². The van der Waals surface area contributed by atoms with Crippen LogP contribution in [0.25, 0.3) is 11.4 Å². The monoisotopic (exact) mass is 346 g/mol. The number of anilines is 1. The number of aryl methyl sites for hydroxylation is 1. The predicted octanol–water partition coefficient (Wildman–Crippen LogP) is 3.67. The number of fused-ring (bicyclic) bond motifs is 1. The molecular weight excluding hydrogens is 324 g/mol. The number of methoxy groups -OCH3 is 1. The Kier molecular flexibility index (Phi) is 4.52.